The summed E-state index contributed by atoms with van der Waals surface area (Å²) in [6, 6.07) is 17.4. The van der Waals surface area contributed by atoms with Crippen LogP contribution >= 0.6 is 9.03 Å². The number of aromatic hydroxyl groups is 1. The number of hydrogen-bond acceptors (Lipinski definition) is 5. The van der Waals surface area contributed by atoms with Crippen molar-refractivity contribution >= 4 is 15.0 Å². The van der Waals surface area contributed by atoms with E-state index in [0.717, 1.165) is 61.6 Å². The Morgan fingerprint density at radius 3 is 1.44 bits per heavy atom. The normalized spacial score (nSPS) is 15.5. The highest BCUT2D eigenvalue weighted by Gasteiger charge is 2.40. The van der Waals surface area contributed by atoms with Crippen molar-refractivity contribution in [1.82, 2.24) is 0 Å². The Bertz CT molecular complexity index is 2230. The van der Waals surface area contributed by atoms with Crippen LogP contribution in [0.15, 0.2) is 48.5 Å². The Morgan fingerprint density at radius 1 is 0.542 bits per heavy atom. The largest absolute Gasteiger partial charge is 0.507 e. The van der Waals surface area contributed by atoms with Crippen molar-refractivity contribution in [3.8, 4) is 23.0 Å². The fourth-order valence-electron chi connectivity index (χ4n) is 7.96. The van der Waals surface area contributed by atoms with E-state index >= 15 is 0 Å². The van der Waals surface area contributed by atoms with E-state index in [-0.39, 0.29) is 47.5 Å². The molecule has 5 rings (SSSR count). The molecule has 320 valence electrons. The van der Waals surface area contributed by atoms with Gasteiger partial charge >= 0.3 is 5.97 Å². The maximum absolute atomic E-state index is 13.7. The highest BCUT2D eigenvalue weighted by atomic mass is 31.1. The van der Waals surface area contributed by atoms with Crippen molar-refractivity contribution in [3.63, 3.8) is 0 Å². The fraction of sp³-hybridized carbons (Fsp3) is 0.528. The minimum Gasteiger partial charge on any atom is -0.507 e. The van der Waals surface area contributed by atoms with E-state index in [1.54, 1.807) is 0 Å². The lowest BCUT2D eigenvalue weighted by Crippen LogP contribution is -2.19. The first-order valence-corrected chi connectivity index (χ1v) is 22.2. The van der Waals surface area contributed by atoms with Crippen molar-refractivity contribution in [2.24, 2.45) is 0 Å². The molecule has 0 aromatic heterocycles. The van der Waals surface area contributed by atoms with Gasteiger partial charge in [0.1, 0.15) is 28.9 Å². The van der Waals surface area contributed by atoms with Crippen LogP contribution in [0.3, 0.4) is 0 Å². The lowest BCUT2D eigenvalue weighted by molar-refractivity contribution is -0.133. The molecule has 0 radical (unpaired) electrons. The Balaban J connectivity index is 1.55. The third-order valence-corrected chi connectivity index (χ3v) is 12.3. The first-order chi connectivity index (χ1) is 26.7. The molecular weight excluding hydrogens is 748 g/mol. The van der Waals surface area contributed by atoms with Crippen LogP contribution < -0.4 is 13.8 Å². The van der Waals surface area contributed by atoms with Gasteiger partial charge in [-0.15, -0.1) is 0 Å². The van der Waals surface area contributed by atoms with Crippen LogP contribution in [0.25, 0.3) is 0 Å². The van der Waals surface area contributed by atoms with E-state index in [9.17, 15) is 9.90 Å². The predicted molar refractivity (Wildman–Crippen MR) is 249 cm³/mol. The second kappa shape index (κ2) is 15.6. The number of fused-ring (bicyclic) bond motifs is 1. The maximum atomic E-state index is 13.7. The van der Waals surface area contributed by atoms with Gasteiger partial charge in [0, 0.05) is 23.1 Å². The van der Waals surface area contributed by atoms with Crippen LogP contribution in [0.1, 0.15) is 197 Å². The number of phenolic OH excluding ortho intramolecular Hbond substituents is 1. The van der Waals surface area contributed by atoms with E-state index in [0.29, 0.717) is 17.9 Å². The molecule has 1 aliphatic heterocycles. The summed E-state index contributed by atoms with van der Waals surface area (Å²) < 4.78 is 19.5. The molecule has 5 nitrogen and oxygen atoms in total. The van der Waals surface area contributed by atoms with Gasteiger partial charge in [-0.25, -0.2) is 0 Å². The van der Waals surface area contributed by atoms with Crippen molar-refractivity contribution in [3.05, 3.63) is 115 Å². The Labute approximate surface area is 359 Å². The number of benzene rings is 4. The van der Waals surface area contributed by atoms with Crippen LogP contribution in [-0.2, 0) is 43.7 Å². The Morgan fingerprint density at radius 2 is 0.966 bits per heavy atom. The van der Waals surface area contributed by atoms with E-state index in [1.807, 2.05) is 13.8 Å². The van der Waals surface area contributed by atoms with Crippen molar-refractivity contribution in [2.45, 2.75) is 183 Å². The molecule has 0 fully saturated rings. The third kappa shape index (κ3) is 9.88. The number of carbonyl (C=O) groups excluding carboxylic acids is 1. The van der Waals surface area contributed by atoms with Gasteiger partial charge in [0.25, 0.3) is 9.03 Å². The summed E-state index contributed by atoms with van der Waals surface area (Å²) in [6.07, 6.45) is 0.505. The van der Waals surface area contributed by atoms with Gasteiger partial charge in [0.2, 0.25) is 0 Å². The van der Waals surface area contributed by atoms with Crippen LogP contribution in [0.4, 0.5) is 0 Å². The smallest absolute Gasteiger partial charge is 0.323 e. The SMILES string of the molecule is Cc1cc(C2C(=O)Oc3c2cc(C(C)(C)C)cc3C(C)(C)C)cc(C)c1OPOc1c(Cc2cc(C(C)(C)C)cc(C(C)(C)C)c2O)cc(C(C)(C)C)cc1C(C)(C)C. The second-order valence-electron chi connectivity index (χ2n) is 23.3. The first kappa shape index (κ1) is 46.2. The number of esters is 1. The van der Waals surface area contributed by atoms with Gasteiger partial charge in [-0.05, 0) is 96.4 Å². The summed E-state index contributed by atoms with van der Waals surface area (Å²) in [6.45, 7) is 43.7. The van der Waals surface area contributed by atoms with E-state index < -0.39 is 5.92 Å². The average Bonchev–Trinajstić information content (AvgIpc) is 3.39. The van der Waals surface area contributed by atoms with Crippen molar-refractivity contribution in [1.29, 1.82) is 0 Å². The molecule has 0 amide bonds. The summed E-state index contributed by atoms with van der Waals surface area (Å²) in [5.41, 5.74) is 11.3. The Kier molecular flexibility index (Phi) is 12.2. The molecule has 2 unspecified atom stereocenters. The predicted octanol–water partition coefficient (Wildman–Crippen LogP) is 14.4. The van der Waals surface area contributed by atoms with Crippen LogP contribution in [0, 0.1) is 13.8 Å². The van der Waals surface area contributed by atoms with Crippen LogP contribution in [0.5, 0.6) is 23.0 Å². The average molecular weight is 821 g/mol. The molecule has 4 aromatic rings. The lowest BCUT2D eigenvalue weighted by Gasteiger charge is -2.30. The second-order valence-corrected chi connectivity index (χ2v) is 23.9. The van der Waals surface area contributed by atoms with Gasteiger partial charge in [-0.1, -0.05) is 173 Å². The van der Waals surface area contributed by atoms with E-state index in [2.05, 4.69) is 173 Å². The first-order valence-electron chi connectivity index (χ1n) is 21.3. The summed E-state index contributed by atoms with van der Waals surface area (Å²) >= 11 is 0. The van der Waals surface area contributed by atoms with Crippen molar-refractivity contribution < 1.29 is 23.7 Å². The third-order valence-electron chi connectivity index (χ3n) is 11.7. The van der Waals surface area contributed by atoms with Gasteiger partial charge in [-0.3, -0.25) is 4.79 Å². The summed E-state index contributed by atoms with van der Waals surface area (Å²) in [5, 5.41) is 11.9. The molecule has 1 N–H and O–H groups in total. The zero-order valence-corrected chi connectivity index (χ0v) is 41.0. The fourth-order valence-corrected chi connectivity index (χ4v) is 8.73. The van der Waals surface area contributed by atoms with Gasteiger partial charge in [0.05, 0.1) is 0 Å². The molecule has 1 heterocycles. The maximum Gasteiger partial charge on any atom is 0.323 e. The van der Waals surface area contributed by atoms with Gasteiger partial charge in [-0.2, -0.15) is 0 Å². The molecule has 0 aliphatic carbocycles. The molecule has 6 heteroatoms. The molecule has 1 aliphatic rings. The Hall–Kier alpha value is -3.82. The highest BCUT2D eigenvalue weighted by molar-refractivity contribution is 7.27. The number of rotatable bonds is 7. The molecule has 2 atom stereocenters. The number of hydrogen-bond donors (Lipinski definition) is 1. The van der Waals surface area contributed by atoms with Crippen LogP contribution in [0.2, 0.25) is 0 Å². The molecule has 59 heavy (non-hydrogen) atoms. The van der Waals surface area contributed by atoms with Crippen LogP contribution in [-0.4, -0.2) is 11.1 Å². The number of phenols is 1. The lowest BCUT2D eigenvalue weighted by atomic mass is 9.76. The minimum absolute atomic E-state index is 0.0956. The molecule has 0 saturated carbocycles. The zero-order chi connectivity index (χ0) is 44.6. The quantitative estimate of drug-likeness (QED) is 0.114. The monoisotopic (exact) mass is 821 g/mol. The summed E-state index contributed by atoms with van der Waals surface area (Å²) in [5.74, 6) is 1.81. The number of carbonyl (C=O) groups is 1. The van der Waals surface area contributed by atoms with Crippen molar-refractivity contribution in [2.75, 3.05) is 0 Å². The topological polar surface area (TPSA) is 65.0 Å². The zero-order valence-electron chi connectivity index (χ0n) is 40.0. The standard InChI is InChI=1S/C53H73O5P/c1-30-21-32(42-38-26-37(50(9,10)11)29-41(53(18,19)20)46(38)56-47(42)55)22-31(2)44(30)57-59-58-45-34(25-36(49(6,7)8)28-40(45)52(15,16)17)23-33-24-35(48(3,4)5)27-39(43(33)54)51(12,13)14/h21-22,24-29,42,54,59H,23H2,1-20H3. The molecule has 0 spiro atoms. The molecule has 4 aromatic carbocycles. The van der Waals surface area contributed by atoms with E-state index in [1.165, 1.54) is 16.7 Å². The highest BCUT2D eigenvalue weighted by Crippen LogP contribution is 2.49. The number of aryl methyl sites for hydroxylation is 2. The van der Waals surface area contributed by atoms with Gasteiger partial charge in [0.15, 0.2) is 0 Å². The molecule has 0 saturated heterocycles. The number of ether oxygens (including phenoxy) is 1. The van der Waals surface area contributed by atoms with Gasteiger partial charge < -0.3 is 18.9 Å². The molecular formula is C53H73O5P. The summed E-state index contributed by atoms with van der Waals surface area (Å²) in [4.78, 5) is 13.7. The minimum atomic E-state index is -0.524. The van der Waals surface area contributed by atoms with E-state index in [4.69, 9.17) is 13.8 Å². The molecule has 0 bridgehead atoms. The summed E-state index contributed by atoms with van der Waals surface area (Å²) in [7, 11) is -0.331.